The predicted molar refractivity (Wildman–Crippen MR) is 111 cm³/mol. The Morgan fingerprint density at radius 3 is 1.79 bits per heavy atom. The van der Waals surface area contributed by atoms with Crippen LogP contribution in [0.1, 0.15) is 27.6 Å². The molecule has 6 nitrogen and oxygen atoms in total. The molecule has 0 saturated heterocycles. The Bertz CT molecular complexity index is 1040. The molecule has 3 aromatic rings. The number of nitrogens with one attached hydrogen (secondary N) is 2. The Hall–Kier alpha value is -3.93. The van der Waals surface area contributed by atoms with Gasteiger partial charge in [0.15, 0.2) is 0 Å². The molecule has 0 aliphatic carbocycles. The van der Waals surface area contributed by atoms with Gasteiger partial charge in [-0.05, 0) is 55.5 Å². The molecule has 3 aromatic carbocycles. The molecule has 1 aliphatic heterocycles. The van der Waals surface area contributed by atoms with Gasteiger partial charge < -0.3 is 10.6 Å². The van der Waals surface area contributed by atoms with E-state index < -0.39 is 23.8 Å². The lowest BCUT2D eigenvalue weighted by atomic mass is 10.1. The molecule has 1 heterocycles. The summed E-state index contributed by atoms with van der Waals surface area (Å²) >= 11 is 0. The second kappa shape index (κ2) is 7.59. The molecule has 6 heteroatoms. The van der Waals surface area contributed by atoms with Crippen molar-refractivity contribution in [3.8, 4) is 0 Å². The Labute approximate surface area is 168 Å². The molecule has 0 spiro atoms. The topological polar surface area (TPSA) is 78.5 Å². The molecule has 1 atom stereocenters. The van der Waals surface area contributed by atoms with Gasteiger partial charge in [0, 0.05) is 17.1 Å². The normalized spacial score (nSPS) is 13.8. The van der Waals surface area contributed by atoms with Crippen LogP contribution in [0.5, 0.6) is 0 Å². The van der Waals surface area contributed by atoms with E-state index in [1.54, 1.807) is 43.3 Å². The monoisotopic (exact) mass is 385 g/mol. The lowest BCUT2D eigenvalue weighted by molar-refractivity contribution is -0.119. The van der Waals surface area contributed by atoms with Crippen molar-refractivity contribution >= 4 is 34.8 Å². The SMILES string of the molecule is CC(C(=O)Nc1ccc(Nc2ccccc2)cc1)N1C(=O)c2ccccc2C1=O. The second-order valence-electron chi connectivity index (χ2n) is 6.76. The first kappa shape index (κ1) is 18.4. The molecule has 2 N–H and O–H groups in total. The molecule has 4 rings (SSSR count). The zero-order valence-corrected chi connectivity index (χ0v) is 15.8. The van der Waals surface area contributed by atoms with Crippen LogP contribution in [-0.2, 0) is 4.79 Å². The third-order valence-corrected chi connectivity index (χ3v) is 4.81. The van der Waals surface area contributed by atoms with Crippen molar-refractivity contribution in [2.75, 3.05) is 10.6 Å². The number of para-hydroxylation sites is 1. The number of fused-ring (bicyclic) bond motifs is 1. The van der Waals surface area contributed by atoms with Gasteiger partial charge in [-0.25, -0.2) is 0 Å². The van der Waals surface area contributed by atoms with Crippen molar-refractivity contribution in [3.05, 3.63) is 90.0 Å². The highest BCUT2D eigenvalue weighted by Gasteiger charge is 2.40. The number of nitrogens with zero attached hydrogens (tertiary/aromatic N) is 1. The van der Waals surface area contributed by atoms with Crippen molar-refractivity contribution in [2.45, 2.75) is 13.0 Å². The van der Waals surface area contributed by atoms with Crippen LogP contribution in [0.4, 0.5) is 17.1 Å². The molecule has 29 heavy (non-hydrogen) atoms. The molecule has 0 radical (unpaired) electrons. The highest BCUT2D eigenvalue weighted by Crippen LogP contribution is 2.25. The minimum Gasteiger partial charge on any atom is -0.356 e. The summed E-state index contributed by atoms with van der Waals surface area (Å²) in [6.07, 6.45) is 0. The molecular weight excluding hydrogens is 366 g/mol. The maximum absolute atomic E-state index is 12.6. The van der Waals surface area contributed by atoms with Crippen LogP contribution in [-0.4, -0.2) is 28.7 Å². The van der Waals surface area contributed by atoms with Crippen molar-refractivity contribution in [1.29, 1.82) is 0 Å². The Morgan fingerprint density at radius 2 is 1.21 bits per heavy atom. The minimum atomic E-state index is -0.926. The van der Waals surface area contributed by atoms with Crippen LogP contribution in [0.2, 0.25) is 0 Å². The summed E-state index contributed by atoms with van der Waals surface area (Å²) in [5, 5.41) is 6.03. The van der Waals surface area contributed by atoms with Crippen LogP contribution in [0.15, 0.2) is 78.9 Å². The molecule has 0 aromatic heterocycles. The highest BCUT2D eigenvalue weighted by molar-refractivity contribution is 6.23. The smallest absolute Gasteiger partial charge is 0.262 e. The highest BCUT2D eigenvalue weighted by atomic mass is 16.2. The quantitative estimate of drug-likeness (QED) is 0.650. The third kappa shape index (κ3) is 3.60. The van der Waals surface area contributed by atoms with Crippen molar-refractivity contribution in [1.82, 2.24) is 4.90 Å². The van der Waals surface area contributed by atoms with Gasteiger partial charge in [-0.3, -0.25) is 19.3 Å². The van der Waals surface area contributed by atoms with E-state index in [-0.39, 0.29) is 0 Å². The molecule has 0 fully saturated rings. The molecule has 1 unspecified atom stereocenters. The molecule has 0 bridgehead atoms. The van der Waals surface area contributed by atoms with Gasteiger partial charge >= 0.3 is 0 Å². The maximum atomic E-state index is 12.6. The van der Waals surface area contributed by atoms with Gasteiger partial charge in [-0.2, -0.15) is 0 Å². The van der Waals surface area contributed by atoms with E-state index in [0.29, 0.717) is 16.8 Å². The van der Waals surface area contributed by atoms with Crippen molar-refractivity contribution in [3.63, 3.8) is 0 Å². The van der Waals surface area contributed by atoms with E-state index in [1.165, 1.54) is 0 Å². The lowest BCUT2D eigenvalue weighted by Gasteiger charge is -2.21. The number of carbonyl (C=O) groups excluding carboxylic acids is 3. The first-order valence-corrected chi connectivity index (χ1v) is 9.24. The fourth-order valence-corrected chi connectivity index (χ4v) is 3.25. The van der Waals surface area contributed by atoms with Gasteiger partial charge in [0.1, 0.15) is 6.04 Å². The molecule has 1 aliphatic rings. The second-order valence-corrected chi connectivity index (χ2v) is 6.76. The summed E-state index contributed by atoms with van der Waals surface area (Å²) in [6.45, 7) is 1.54. The maximum Gasteiger partial charge on any atom is 0.262 e. The van der Waals surface area contributed by atoms with E-state index >= 15 is 0 Å². The minimum absolute atomic E-state index is 0.327. The van der Waals surface area contributed by atoms with Crippen LogP contribution < -0.4 is 10.6 Å². The number of benzene rings is 3. The Morgan fingerprint density at radius 1 is 0.724 bits per heavy atom. The zero-order chi connectivity index (χ0) is 20.4. The molecule has 3 amide bonds. The van der Waals surface area contributed by atoms with Crippen molar-refractivity contribution in [2.24, 2.45) is 0 Å². The number of anilines is 3. The summed E-state index contributed by atoms with van der Waals surface area (Å²) in [4.78, 5) is 38.7. The number of hydrogen-bond donors (Lipinski definition) is 2. The number of rotatable bonds is 5. The molecule has 0 saturated carbocycles. The van der Waals surface area contributed by atoms with Gasteiger partial charge in [0.25, 0.3) is 11.8 Å². The fraction of sp³-hybridized carbons (Fsp3) is 0.0870. The predicted octanol–water partition coefficient (Wildman–Crippen LogP) is 4.05. The Balaban J connectivity index is 1.43. The summed E-state index contributed by atoms with van der Waals surface area (Å²) in [5.41, 5.74) is 3.07. The fourth-order valence-electron chi connectivity index (χ4n) is 3.25. The lowest BCUT2D eigenvalue weighted by Crippen LogP contribution is -2.45. The Kier molecular flexibility index (Phi) is 4.83. The van der Waals surface area contributed by atoms with Gasteiger partial charge in [-0.1, -0.05) is 30.3 Å². The van der Waals surface area contributed by atoms with E-state index in [4.69, 9.17) is 0 Å². The molecular formula is C23H19N3O3. The zero-order valence-electron chi connectivity index (χ0n) is 15.8. The molecule has 144 valence electrons. The van der Waals surface area contributed by atoms with Crippen LogP contribution in [0.3, 0.4) is 0 Å². The summed E-state index contributed by atoms with van der Waals surface area (Å²) < 4.78 is 0. The first-order chi connectivity index (χ1) is 14.0. The number of carbonyl (C=O) groups is 3. The first-order valence-electron chi connectivity index (χ1n) is 9.24. The summed E-state index contributed by atoms with van der Waals surface area (Å²) in [6, 6.07) is 22.6. The van der Waals surface area contributed by atoms with Crippen molar-refractivity contribution < 1.29 is 14.4 Å². The van der Waals surface area contributed by atoms with Gasteiger partial charge in [-0.15, -0.1) is 0 Å². The number of imide groups is 1. The standard InChI is InChI=1S/C23H19N3O3/c1-15(26-22(28)19-9-5-6-10-20(19)23(26)29)21(27)25-18-13-11-17(12-14-18)24-16-7-3-2-4-8-16/h2-15,24H,1H3,(H,25,27). The van der Waals surface area contributed by atoms with Gasteiger partial charge in [0.2, 0.25) is 5.91 Å². The van der Waals surface area contributed by atoms with E-state index in [9.17, 15) is 14.4 Å². The third-order valence-electron chi connectivity index (χ3n) is 4.81. The number of hydrogen-bond acceptors (Lipinski definition) is 4. The van der Waals surface area contributed by atoms with Crippen LogP contribution in [0, 0.1) is 0 Å². The van der Waals surface area contributed by atoms with Crippen LogP contribution >= 0.6 is 0 Å². The van der Waals surface area contributed by atoms with E-state index in [2.05, 4.69) is 10.6 Å². The summed E-state index contributed by atoms with van der Waals surface area (Å²) in [7, 11) is 0. The summed E-state index contributed by atoms with van der Waals surface area (Å²) in [5.74, 6) is -1.32. The van der Waals surface area contributed by atoms with E-state index in [0.717, 1.165) is 16.3 Å². The van der Waals surface area contributed by atoms with Crippen LogP contribution in [0.25, 0.3) is 0 Å². The number of amides is 3. The largest absolute Gasteiger partial charge is 0.356 e. The average molecular weight is 385 g/mol. The van der Waals surface area contributed by atoms with E-state index in [1.807, 2.05) is 42.5 Å². The van der Waals surface area contributed by atoms with Gasteiger partial charge in [0.05, 0.1) is 11.1 Å². The average Bonchev–Trinajstić information content (AvgIpc) is 3.00.